The Morgan fingerprint density at radius 2 is 0.611 bits per heavy atom. The van der Waals surface area contributed by atoms with Gasteiger partial charge >= 0.3 is 0 Å². The first kappa shape index (κ1) is 15.4. The zero-order valence-corrected chi connectivity index (χ0v) is 11.7. The summed E-state index contributed by atoms with van der Waals surface area (Å²) in [6.45, 7) is 0. The fraction of sp³-hybridized carbons (Fsp3) is 0.875. The van der Waals surface area contributed by atoms with Gasteiger partial charge in [-0.15, -0.1) is 0 Å². The van der Waals surface area contributed by atoms with Crippen LogP contribution in [-0.2, 0) is 9.59 Å². The summed E-state index contributed by atoms with van der Waals surface area (Å²) in [5.41, 5.74) is 0. The van der Waals surface area contributed by atoms with Crippen molar-refractivity contribution in [2.24, 2.45) is 0 Å². The highest BCUT2D eigenvalue weighted by molar-refractivity contribution is 5.79. The average Bonchev–Trinajstić information content (AvgIpc) is 2.35. The normalized spacial score (nSPS) is 22.9. The lowest BCUT2D eigenvalue weighted by atomic mass is 10.0. The Morgan fingerprint density at radius 3 is 0.944 bits per heavy atom. The van der Waals surface area contributed by atoms with E-state index in [2.05, 4.69) is 0 Å². The van der Waals surface area contributed by atoms with Crippen molar-refractivity contribution >= 4 is 11.6 Å². The van der Waals surface area contributed by atoms with E-state index in [0.29, 0.717) is 24.4 Å². The third-order valence-corrected chi connectivity index (χ3v) is 3.82. The Kier molecular flexibility index (Phi) is 8.79. The minimum absolute atomic E-state index is 0.398. The SMILES string of the molecule is O=C1CCCCCCCCCCC(=O)CCCC1. The van der Waals surface area contributed by atoms with Crippen LogP contribution in [0.25, 0.3) is 0 Å². The van der Waals surface area contributed by atoms with Crippen LogP contribution in [0.3, 0.4) is 0 Å². The fourth-order valence-electron chi connectivity index (χ4n) is 2.60. The molecule has 0 aromatic heterocycles. The van der Waals surface area contributed by atoms with Crippen LogP contribution in [-0.4, -0.2) is 11.6 Å². The Labute approximate surface area is 112 Å². The molecular weight excluding hydrogens is 224 g/mol. The van der Waals surface area contributed by atoms with Gasteiger partial charge in [-0.3, -0.25) is 9.59 Å². The minimum atomic E-state index is 0.398. The molecule has 1 aliphatic carbocycles. The predicted molar refractivity (Wildman–Crippen MR) is 74.7 cm³/mol. The third-order valence-electron chi connectivity index (χ3n) is 3.82. The van der Waals surface area contributed by atoms with Crippen LogP contribution in [0.4, 0.5) is 0 Å². The standard InChI is InChI=1S/C16H28O2/c17-15-11-7-5-3-1-2-4-6-8-12-16(18)14-10-9-13-15/h1-14H2. The van der Waals surface area contributed by atoms with Gasteiger partial charge in [0.25, 0.3) is 0 Å². The molecule has 2 nitrogen and oxygen atoms in total. The average molecular weight is 252 g/mol. The second kappa shape index (κ2) is 10.3. The second-order valence-corrected chi connectivity index (χ2v) is 5.61. The van der Waals surface area contributed by atoms with Crippen molar-refractivity contribution in [3.63, 3.8) is 0 Å². The van der Waals surface area contributed by atoms with Gasteiger partial charge in [0.15, 0.2) is 0 Å². The Morgan fingerprint density at radius 1 is 0.389 bits per heavy atom. The molecule has 104 valence electrons. The molecule has 0 aromatic carbocycles. The summed E-state index contributed by atoms with van der Waals surface area (Å²) in [6, 6.07) is 0. The molecule has 0 aliphatic heterocycles. The maximum Gasteiger partial charge on any atom is 0.132 e. The quantitative estimate of drug-likeness (QED) is 0.631. The molecule has 0 saturated heterocycles. The minimum Gasteiger partial charge on any atom is -0.300 e. The Balaban J connectivity index is 2.22. The van der Waals surface area contributed by atoms with Crippen LogP contribution in [0.15, 0.2) is 0 Å². The van der Waals surface area contributed by atoms with Gasteiger partial charge < -0.3 is 0 Å². The third kappa shape index (κ3) is 8.43. The highest BCUT2D eigenvalue weighted by atomic mass is 16.1. The lowest BCUT2D eigenvalue weighted by Gasteiger charge is -2.05. The monoisotopic (exact) mass is 252 g/mol. The van der Waals surface area contributed by atoms with E-state index in [-0.39, 0.29) is 0 Å². The van der Waals surface area contributed by atoms with E-state index in [0.717, 1.165) is 38.5 Å². The number of carbonyl (C=O) groups excluding carboxylic acids is 2. The maximum atomic E-state index is 11.6. The van der Waals surface area contributed by atoms with Crippen LogP contribution in [0.1, 0.15) is 89.9 Å². The van der Waals surface area contributed by atoms with E-state index < -0.39 is 0 Å². The summed E-state index contributed by atoms with van der Waals surface area (Å²) in [6.07, 6.45) is 14.4. The van der Waals surface area contributed by atoms with Gasteiger partial charge in [-0.05, 0) is 25.7 Å². The van der Waals surface area contributed by atoms with Gasteiger partial charge in [-0.2, -0.15) is 0 Å². The van der Waals surface area contributed by atoms with Gasteiger partial charge in [0, 0.05) is 25.7 Å². The van der Waals surface area contributed by atoms with E-state index in [4.69, 9.17) is 0 Å². The van der Waals surface area contributed by atoms with Crippen LogP contribution in [0.5, 0.6) is 0 Å². The second-order valence-electron chi connectivity index (χ2n) is 5.61. The number of carbonyl (C=O) groups is 2. The molecule has 2 heteroatoms. The van der Waals surface area contributed by atoms with Gasteiger partial charge in [0.1, 0.15) is 11.6 Å². The van der Waals surface area contributed by atoms with Gasteiger partial charge in [0.05, 0.1) is 0 Å². The molecule has 0 spiro atoms. The molecule has 1 aliphatic rings. The first-order chi connectivity index (χ1) is 8.79. The zero-order chi connectivity index (χ0) is 13.1. The molecule has 0 heterocycles. The van der Waals surface area contributed by atoms with E-state index in [1.54, 1.807) is 0 Å². The summed E-state index contributed by atoms with van der Waals surface area (Å²) in [4.78, 5) is 23.1. The van der Waals surface area contributed by atoms with Gasteiger partial charge in [-0.1, -0.05) is 38.5 Å². The summed E-state index contributed by atoms with van der Waals surface area (Å²) < 4.78 is 0. The summed E-state index contributed by atoms with van der Waals surface area (Å²) in [7, 11) is 0. The molecule has 1 rings (SSSR count). The molecule has 0 aromatic rings. The smallest absolute Gasteiger partial charge is 0.132 e. The first-order valence-electron chi connectivity index (χ1n) is 7.82. The highest BCUT2D eigenvalue weighted by Crippen LogP contribution is 2.14. The van der Waals surface area contributed by atoms with Crippen molar-refractivity contribution in [3.8, 4) is 0 Å². The Hall–Kier alpha value is -0.660. The van der Waals surface area contributed by atoms with Crippen LogP contribution in [0.2, 0.25) is 0 Å². The number of ketones is 2. The molecule has 0 radical (unpaired) electrons. The summed E-state index contributed by atoms with van der Waals surface area (Å²) >= 11 is 0. The number of Topliss-reactive ketones (excluding diaryl/α,β-unsaturated/α-hetero) is 2. The van der Waals surface area contributed by atoms with Crippen molar-refractivity contribution in [1.29, 1.82) is 0 Å². The van der Waals surface area contributed by atoms with Crippen LogP contribution in [0, 0.1) is 0 Å². The van der Waals surface area contributed by atoms with Crippen LogP contribution >= 0.6 is 0 Å². The summed E-state index contributed by atoms with van der Waals surface area (Å²) in [5, 5.41) is 0. The first-order valence-corrected chi connectivity index (χ1v) is 7.82. The fourth-order valence-corrected chi connectivity index (χ4v) is 2.60. The predicted octanol–water partition coefficient (Wildman–Crippen LogP) is 4.60. The Bertz CT molecular complexity index is 219. The van der Waals surface area contributed by atoms with Gasteiger partial charge in [-0.25, -0.2) is 0 Å². The molecule has 0 amide bonds. The lowest BCUT2D eigenvalue weighted by Crippen LogP contribution is -2.01. The largest absolute Gasteiger partial charge is 0.300 e. The van der Waals surface area contributed by atoms with Crippen molar-refractivity contribution in [2.75, 3.05) is 0 Å². The van der Waals surface area contributed by atoms with E-state index in [1.807, 2.05) is 0 Å². The molecule has 1 fully saturated rings. The molecule has 0 atom stereocenters. The lowest BCUT2D eigenvalue weighted by molar-refractivity contribution is -0.121. The maximum absolute atomic E-state index is 11.6. The van der Waals surface area contributed by atoms with Gasteiger partial charge in [0.2, 0.25) is 0 Å². The molecule has 0 N–H and O–H groups in total. The van der Waals surface area contributed by atoms with Crippen molar-refractivity contribution in [3.05, 3.63) is 0 Å². The molecule has 0 unspecified atom stereocenters. The van der Waals surface area contributed by atoms with E-state index in [9.17, 15) is 9.59 Å². The molecular formula is C16H28O2. The molecule has 1 saturated carbocycles. The van der Waals surface area contributed by atoms with E-state index >= 15 is 0 Å². The topological polar surface area (TPSA) is 34.1 Å². The molecule has 18 heavy (non-hydrogen) atoms. The highest BCUT2D eigenvalue weighted by Gasteiger charge is 2.05. The molecule has 0 bridgehead atoms. The van der Waals surface area contributed by atoms with E-state index in [1.165, 1.54) is 38.5 Å². The number of rotatable bonds is 0. The van der Waals surface area contributed by atoms with Crippen molar-refractivity contribution in [2.45, 2.75) is 89.9 Å². The van der Waals surface area contributed by atoms with Crippen LogP contribution < -0.4 is 0 Å². The number of hydrogen-bond acceptors (Lipinski definition) is 2. The zero-order valence-electron chi connectivity index (χ0n) is 11.7. The van der Waals surface area contributed by atoms with Crippen molar-refractivity contribution < 1.29 is 9.59 Å². The number of hydrogen-bond donors (Lipinski definition) is 0. The summed E-state index contributed by atoms with van der Waals surface area (Å²) in [5.74, 6) is 0.795. The van der Waals surface area contributed by atoms with Crippen molar-refractivity contribution in [1.82, 2.24) is 0 Å².